The molecule has 0 spiro atoms. The van der Waals surface area contributed by atoms with Gasteiger partial charge in [0.25, 0.3) is 10.0 Å². The summed E-state index contributed by atoms with van der Waals surface area (Å²) >= 11 is 12.7. The van der Waals surface area contributed by atoms with Crippen molar-refractivity contribution in [2.45, 2.75) is 50.2 Å². The lowest BCUT2D eigenvalue weighted by Gasteiger charge is -2.34. The summed E-state index contributed by atoms with van der Waals surface area (Å²) in [7, 11) is -4.29. The number of sulfonamides is 1. The van der Waals surface area contributed by atoms with E-state index in [2.05, 4.69) is 5.32 Å². The first-order valence-corrected chi connectivity index (χ1v) is 16.6. The second kappa shape index (κ2) is 15.4. The summed E-state index contributed by atoms with van der Waals surface area (Å²) in [5, 5.41) is 3.66. The van der Waals surface area contributed by atoms with Crippen LogP contribution in [0.2, 0.25) is 10.0 Å². The van der Waals surface area contributed by atoms with Gasteiger partial charge in [-0.15, -0.1) is 0 Å². The van der Waals surface area contributed by atoms with Crippen LogP contribution in [0, 0.1) is 5.82 Å². The summed E-state index contributed by atoms with van der Waals surface area (Å²) in [6, 6.07) is 25.3. The molecule has 0 fully saturated rings. The van der Waals surface area contributed by atoms with Crippen LogP contribution < -0.4 is 9.62 Å². The highest BCUT2D eigenvalue weighted by atomic mass is 35.5. The van der Waals surface area contributed by atoms with Crippen molar-refractivity contribution in [1.29, 1.82) is 0 Å². The van der Waals surface area contributed by atoms with E-state index >= 15 is 0 Å². The Balaban J connectivity index is 1.82. The fourth-order valence-corrected chi connectivity index (χ4v) is 6.59. The molecular weight excluding hydrogens is 636 g/mol. The van der Waals surface area contributed by atoms with E-state index < -0.39 is 40.2 Å². The molecule has 2 amide bonds. The molecule has 236 valence electrons. The lowest BCUT2D eigenvalue weighted by Crippen LogP contribution is -2.54. The molecule has 4 aromatic carbocycles. The third-order valence-corrected chi connectivity index (χ3v) is 9.73. The zero-order chi connectivity index (χ0) is 32.6. The maximum Gasteiger partial charge on any atom is 0.264 e. The van der Waals surface area contributed by atoms with E-state index in [9.17, 15) is 22.4 Å². The first-order valence-electron chi connectivity index (χ1n) is 14.4. The van der Waals surface area contributed by atoms with Gasteiger partial charge in [-0.25, -0.2) is 12.8 Å². The Morgan fingerprint density at radius 3 is 2.11 bits per heavy atom. The molecule has 4 aromatic rings. The van der Waals surface area contributed by atoms with Crippen LogP contribution in [0.1, 0.15) is 31.4 Å². The van der Waals surface area contributed by atoms with Crippen molar-refractivity contribution in [2.75, 3.05) is 10.8 Å². The van der Waals surface area contributed by atoms with E-state index in [0.717, 1.165) is 22.0 Å². The summed E-state index contributed by atoms with van der Waals surface area (Å²) in [4.78, 5) is 29.6. The highest BCUT2D eigenvalue weighted by Crippen LogP contribution is 2.27. The molecule has 0 radical (unpaired) electrons. The van der Waals surface area contributed by atoms with Crippen LogP contribution in [-0.4, -0.2) is 43.8 Å². The third kappa shape index (κ3) is 8.84. The van der Waals surface area contributed by atoms with E-state index in [1.807, 2.05) is 44.2 Å². The number of hydrogen-bond acceptors (Lipinski definition) is 4. The molecule has 4 rings (SSSR count). The van der Waals surface area contributed by atoms with Crippen molar-refractivity contribution in [3.05, 3.63) is 130 Å². The normalized spacial score (nSPS) is 12.6. The molecule has 2 atom stereocenters. The Hall–Kier alpha value is -3.92. The van der Waals surface area contributed by atoms with Gasteiger partial charge in [0.15, 0.2) is 0 Å². The molecule has 0 saturated carbocycles. The molecule has 7 nitrogen and oxygen atoms in total. The Morgan fingerprint density at radius 1 is 0.889 bits per heavy atom. The quantitative estimate of drug-likeness (QED) is 0.168. The minimum atomic E-state index is -4.29. The lowest BCUT2D eigenvalue weighted by atomic mass is 10.0. The van der Waals surface area contributed by atoms with Crippen molar-refractivity contribution < 1.29 is 22.4 Å². The van der Waals surface area contributed by atoms with E-state index in [0.29, 0.717) is 17.0 Å². The van der Waals surface area contributed by atoms with Crippen LogP contribution in [0.4, 0.5) is 10.1 Å². The SMILES string of the molecule is CC[C@@H](C)NC(=O)[C@@H](Cc1ccccc1)N(Cc1ccc(Cl)cc1Cl)C(=O)CN(c1ccc(F)cc1)S(=O)(=O)c1ccccc1. The number of hydrogen-bond donors (Lipinski definition) is 1. The number of anilines is 1. The number of nitrogens with one attached hydrogen (secondary N) is 1. The fraction of sp³-hybridized carbons (Fsp3) is 0.235. The average molecular weight is 671 g/mol. The maximum absolute atomic E-state index is 14.4. The van der Waals surface area contributed by atoms with Crippen molar-refractivity contribution in [2.24, 2.45) is 0 Å². The average Bonchev–Trinajstić information content (AvgIpc) is 3.03. The van der Waals surface area contributed by atoms with Gasteiger partial charge in [-0.2, -0.15) is 0 Å². The van der Waals surface area contributed by atoms with E-state index in [1.54, 1.807) is 30.3 Å². The summed E-state index contributed by atoms with van der Waals surface area (Å²) < 4.78 is 42.7. The van der Waals surface area contributed by atoms with Crippen LogP contribution in [0.5, 0.6) is 0 Å². The highest BCUT2D eigenvalue weighted by Gasteiger charge is 2.35. The zero-order valence-electron chi connectivity index (χ0n) is 24.9. The highest BCUT2D eigenvalue weighted by molar-refractivity contribution is 7.92. The molecule has 1 N–H and O–H groups in total. The number of amides is 2. The summed E-state index contributed by atoms with van der Waals surface area (Å²) in [5.74, 6) is -1.62. The van der Waals surface area contributed by atoms with Gasteiger partial charge in [-0.1, -0.05) is 84.7 Å². The minimum Gasteiger partial charge on any atom is -0.352 e. The van der Waals surface area contributed by atoms with Gasteiger partial charge < -0.3 is 10.2 Å². The van der Waals surface area contributed by atoms with Gasteiger partial charge in [0.05, 0.1) is 10.6 Å². The molecule has 0 unspecified atom stereocenters. The van der Waals surface area contributed by atoms with E-state index in [4.69, 9.17) is 23.2 Å². The van der Waals surface area contributed by atoms with E-state index in [-0.39, 0.29) is 34.6 Å². The second-order valence-corrected chi connectivity index (χ2v) is 13.3. The van der Waals surface area contributed by atoms with E-state index in [1.165, 1.54) is 35.2 Å². The molecule has 0 bridgehead atoms. The first kappa shape index (κ1) is 34.0. The summed E-state index contributed by atoms with van der Waals surface area (Å²) in [6.45, 7) is 3.02. The molecule has 0 aromatic heterocycles. The lowest BCUT2D eigenvalue weighted by molar-refractivity contribution is -0.140. The molecule has 0 aliphatic rings. The van der Waals surface area contributed by atoms with Crippen LogP contribution in [0.15, 0.2) is 108 Å². The van der Waals surface area contributed by atoms with Crippen molar-refractivity contribution >= 4 is 50.7 Å². The monoisotopic (exact) mass is 669 g/mol. The van der Waals surface area contributed by atoms with Crippen molar-refractivity contribution in [3.8, 4) is 0 Å². The standard InChI is InChI=1S/C34H34Cl2FN3O4S/c1-3-24(2)38-34(42)32(20-25-10-6-4-7-11-25)39(22-26-14-15-27(35)21-31(26)36)33(41)23-40(29-18-16-28(37)17-19-29)45(43,44)30-12-8-5-9-13-30/h4-19,21,24,32H,3,20,22-23H2,1-2H3,(H,38,42)/t24-,32-/m1/s1. The van der Waals surface area contributed by atoms with Crippen molar-refractivity contribution in [1.82, 2.24) is 10.2 Å². The molecule has 0 aliphatic carbocycles. The van der Waals surface area contributed by atoms with Gasteiger partial charge in [-0.05, 0) is 73.0 Å². The van der Waals surface area contributed by atoms with Crippen LogP contribution >= 0.6 is 23.2 Å². The zero-order valence-corrected chi connectivity index (χ0v) is 27.2. The van der Waals surface area contributed by atoms with Gasteiger partial charge >= 0.3 is 0 Å². The van der Waals surface area contributed by atoms with Crippen LogP contribution in [0.25, 0.3) is 0 Å². The number of rotatable bonds is 13. The molecular formula is C34H34Cl2FN3O4S. The van der Waals surface area contributed by atoms with Crippen molar-refractivity contribution in [3.63, 3.8) is 0 Å². The number of benzene rings is 4. The molecule has 11 heteroatoms. The minimum absolute atomic E-state index is 0.0511. The van der Waals surface area contributed by atoms with Crippen LogP contribution in [0.3, 0.4) is 0 Å². The Morgan fingerprint density at radius 2 is 1.51 bits per heavy atom. The number of carbonyl (C=O) groups is 2. The first-order chi connectivity index (χ1) is 21.5. The Kier molecular flexibility index (Phi) is 11.6. The van der Waals surface area contributed by atoms with Gasteiger partial charge in [-0.3, -0.25) is 13.9 Å². The largest absolute Gasteiger partial charge is 0.352 e. The predicted octanol–water partition coefficient (Wildman–Crippen LogP) is 6.88. The molecule has 0 aliphatic heterocycles. The Labute approximate surface area is 273 Å². The van der Waals surface area contributed by atoms with Gasteiger partial charge in [0.2, 0.25) is 11.8 Å². The fourth-order valence-electron chi connectivity index (χ4n) is 4.68. The smallest absolute Gasteiger partial charge is 0.264 e. The summed E-state index contributed by atoms with van der Waals surface area (Å²) in [5.41, 5.74) is 1.40. The second-order valence-electron chi connectivity index (χ2n) is 10.6. The molecule has 45 heavy (non-hydrogen) atoms. The van der Waals surface area contributed by atoms with Gasteiger partial charge in [0.1, 0.15) is 18.4 Å². The van der Waals surface area contributed by atoms with Crippen LogP contribution in [-0.2, 0) is 32.6 Å². The topological polar surface area (TPSA) is 86.8 Å². The van der Waals surface area contributed by atoms with Gasteiger partial charge in [0, 0.05) is 29.1 Å². The molecule has 0 saturated heterocycles. The third-order valence-electron chi connectivity index (χ3n) is 7.35. The Bertz CT molecular complexity index is 1710. The summed E-state index contributed by atoms with van der Waals surface area (Å²) in [6.07, 6.45) is 0.816. The number of carbonyl (C=O) groups excluding carboxylic acids is 2. The maximum atomic E-state index is 14.4. The number of nitrogens with zero attached hydrogens (tertiary/aromatic N) is 2. The number of halogens is 3. The predicted molar refractivity (Wildman–Crippen MR) is 176 cm³/mol. The molecule has 0 heterocycles.